The minimum atomic E-state index is -1.22. The molecule has 118 valence electrons. The smallest absolute Gasteiger partial charge is 0.342 e. The van der Waals surface area contributed by atoms with Crippen molar-refractivity contribution >= 4 is 17.1 Å². The van der Waals surface area contributed by atoms with Crippen LogP contribution in [0.1, 0.15) is 10.4 Å². The maximum Gasteiger partial charge on any atom is 0.342 e. The number of fused-ring (bicyclic) bond motifs is 2. The highest BCUT2D eigenvalue weighted by molar-refractivity contribution is 6.02. The van der Waals surface area contributed by atoms with Crippen LogP contribution in [0.5, 0.6) is 11.5 Å². The lowest BCUT2D eigenvalue weighted by Crippen LogP contribution is -2.35. The van der Waals surface area contributed by atoms with Crippen LogP contribution in [0.3, 0.4) is 0 Å². The zero-order valence-corrected chi connectivity index (χ0v) is 12.9. The van der Waals surface area contributed by atoms with E-state index in [2.05, 4.69) is 0 Å². The predicted molar refractivity (Wildman–Crippen MR) is 81.4 cm³/mol. The molecule has 7 nitrogen and oxygen atoms in total. The van der Waals surface area contributed by atoms with E-state index in [1.165, 1.54) is 0 Å². The lowest BCUT2D eigenvalue weighted by atomic mass is 10.1. The molecule has 0 amide bonds. The van der Waals surface area contributed by atoms with E-state index >= 15 is 0 Å². The fourth-order valence-electron chi connectivity index (χ4n) is 2.59. The van der Waals surface area contributed by atoms with E-state index in [4.69, 9.17) is 4.42 Å². The number of carboxylic acid groups (broad SMARTS) is 1. The third-order valence-corrected chi connectivity index (χ3v) is 3.81. The summed E-state index contributed by atoms with van der Waals surface area (Å²) in [4.78, 5) is 11.5. The van der Waals surface area contributed by atoms with Gasteiger partial charge < -0.3 is 19.7 Å². The Hall–Kier alpha value is -3.09. The maximum absolute atomic E-state index is 11.5. The van der Waals surface area contributed by atoms with Crippen molar-refractivity contribution in [2.45, 2.75) is 0 Å². The minimum absolute atomic E-state index is 0.0756. The second-order valence-corrected chi connectivity index (χ2v) is 5.48. The summed E-state index contributed by atoms with van der Waals surface area (Å²) in [6.07, 6.45) is 0. The van der Waals surface area contributed by atoms with Crippen LogP contribution in [-0.4, -0.2) is 35.4 Å². The summed E-state index contributed by atoms with van der Waals surface area (Å²) in [6, 6.07) is 6.47. The Balaban J connectivity index is 2.59. The Morgan fingerprint density at radius 2 is 1.91 bits per heavy atom. The second-order valence-electron chi connectivity index (χ2n) is 5.48. The van der Waals surface area contributed by atoms with Crippen molar-refractivity contribution < 1.29 is 29.1 Å². The van der Waals surface area contributed by atoms with Gasteiger partial charge in [-0.15, -0.1) is 0 Å². The number of carbonyl (C=O) groups is 1. The fraction of sp³-hybridized carbons (Fsp3) is 0.188. The van der Waals surface area contributed by atoms with Gasteiger partial charge in [-0.2, -0.15) is 4.57 Å². The molecule has 0 fully saturated rings. The number of hydrogen-bond donors (Lipinski definition) is 3. The number of nitrogens with zero attached hydrogens (tertiary/aromatic N) is 2. The van der Waals surface area contributed by atoms with E-state index in [0.29, 0.717) is 11.5 Å². The number of phenolic OH excluding ortho intramolecular Hbond substituents is 2. The number of aromatic nitrogens is 1. The highest BCUT2D eigenvalue weighted by Crippen LogP contribution is 2.37. The quantitative estimate of drug-likeness (QED) is 0.345. The SMILES string of the molecule is C[N+](C)=c1ccc2[n+](C)c3c(C(=O)O)cc(O)c(O)c3oc-2c1. The largest absolute Gasteiger partial charge is 0.504 e. The molecule has 0 saturated heterocycles. The number of rotatable bonds is 1. The standard InChI is InChI=1S/C16H14N2O5/c1-17(2)8-4-5-10-12(6-8)23-15-13(18(10)3)9(16(21)22)7-11(19)14(15)20/h4-7H,1-3H3,(H,21,22)/p+2. The summed E-state index contributed by atoms with van der Waals surface area (Å²) >= 11 is 0. The third kappa shape index (κ3) is 2.17. The van der Waals surface area contributed by atoms with E-state index in [0.717, 1.165) is 11.4 Å². The highest BCUT2D eigenvalue weighted by Gasteiger charge is 2.29. The van der Waals surface area contributed by atoms with Crippen molar-refractivity contribution in [3.63, 3.8) is 0 Å². The Kier molecular flexibility index (Phi) is 3.21. The van der Waals surface area contributed by atoms with E-state index < -0.39 is 17.5 Å². The molecule has 0 radical (unpaired) electrons. The summed E-state index contributed by atoms with van der Waals surface area (Å²) in [5.74, 6) is -1.79. The van der Waals surface area contributed by atoms with E-state index in [-0.39, 0.29) is 16.7 Å². The number of benzene rings is 2. The van der Waals surface area contributed by atoms with Gasteiger partial charge >= 0.3 is 5.97 Å². The van der Waals surface area contributed by atoms with Crippen molar-refractivity contribution in [3.8, 4) is 23.0 Å². The molecule has 0 saturated carbocycles. The summed E-state index contributed by atoms with van der Waals surface area (Å²) in [5, 5.41) is 30.1. The van der Waals surface area contributed by atoms with Gasteiger partial charge in [-0.1, -0.05) is 0 Å². The number of aromatic hydroxyl groups is 2. The highest BCUT2D eigenvalue weighted by atomic mass is 16.4. The molecule has 2 aliphatic rings. The third-order valence-electron chi connectivity index (χ3n) is 3.81. The molecule has 1 aromatic carbocycles. The van der Waals surface area contributed by atoms with Gasteiger partial charge in [0.2, 0.25) is 28.1 Å². The number of carboxylic acids is 1. The molecule has 1 heterocycles. The number of hydrogen-bond acceptors (Lipinski definition) is 4. The lowest BCUT2D eigenvalue weighted by Gasteiger charge is -2.09. The monoisotopic (exact) mass is 316 g/mol. The van der Waals surface area contributed by atoms with Crippen LogP contribution in [0.4, 0.5) is 0 Å². The summed E-state index contributed by atoms with van der Waals surface area (Å²) in [6.45, 7) is 0. The average Bonchev–Trinajstić information content (AvgIpc) is 2.50. The minimum Gasteiger partial charge on any atom is -0.504 e. The Morgan fingerprint density at radius 1 is 1.22 bits per heavy atom. The van der Waals surface area contributed by atoms with Crippen molar-refractivity contribution in [1.82, 2.24) is 4.58 Å². The molecule has 7 heteroatoms. The van der Waals surface area contributed by atoms with Crippen LogP contribution in [0, 0.1) is 0 Å². The molecular weight excluding hydrogens is 300 g/mol. The lowest BCUT2D eigenvalue weighted by molar-refractivity contribution is -0.635. The first kappa shape index (κ1) is 14.8. The molecule has 3 rings (SSSR count). The molecule has 1 aliphatic heterocycles. The van der Waals surface area contributed by atoms with E-state index in [1.54, 1.807) is 17.7 Å². The van der Waals surface area contributed by atoms with E-state index in [1.807, 2.05) is 30.8 Å². The molecule has 0 bridgehead atoms. The topological polar surface area (TPSA) is 97.8 Å². The number of phenols is 2. The molecule has 3 N–H and O–H groups in total. The van der Waals surface area contributed by atoms with Crippen LogP contribution in [0.15, 0.2) is 28.7 Å². The first-order valence-electron chi connectivity index (χ1n) is 6.86. The molecule has 1 aromatic rings. The first-order valence-corrected chi connectivity index (χ1v) is 6.86. The van der Waals surface area contributed by atoms with Gasteiger partial charge in [0.15, 0.2) is 5.75 Å². The Morgan fingerprint density at radius 3 is 2.52 bits per heavy atom. The van der Waals surface area contributed by atoms with Crippen molar-refractivity contribution in [2.24, 2.45) is 7.05 Å². The van der Waals surface area contributed by atoms with Crippen LogP contribution in [0.25, 0.3) is 22.6 Å². The fourth-order valence-corrected chi connectivity index (χ4v) is 2.59. The zero-order valence-electron chi connectivity index (χ0n) is 12.9. The van der Waals surface area contributed by atoms with Crippen LogP contribution < -0.4 is 14.5 Å². The molecule has 0 spiro atoms. The van der Waals surface area contributed by atoms with Crippen molar-refractivity contribution in [1.29, 1.82) is 0 Å². The van der Waals surface area contributed by atoms with E-state index in [9.17, 15) is 20.1 Å². The Labute approximate surface area is 130 Å². The first-order chi connectivity index (χ1) is 10.8. The van der Waals surface area contributed by atoms with Crippen LogP contribution >= 0.6 is 0 Å². The van der Waals surface area contributed by atoms with Crippen molar-refractivity contribution in [3.05, 3.63) is 35.2 Å². The van der Waals surface area contributed by atoms with Gasteiger partial charge in [0.05, 0.1) is 6.07 Å². The number of aromatic carboxylic acids is 1. The number of aryl methyl sites for hydroxylation is 1. The molecule has 0 aromatic heterocycles. The van der Waals surface area contributed by atoms with Gasteiger partial charge in [0.25, 0.3) is 5.52 Å². The van der Waals surface area contributed by atoms with Gasteiger partial charge in [0.1, 0.15) is 26.7 Å². The molecule has 0 atom stereocenters. The van der Waals surface area contributed by atoms with Crippen LogP contribution in [0.2, 0.25) is 0 Å². The normalized spacial score (nSPS) is 11.1. The van der Waals surface area contributed by atoms with Gasteiger partial charge in [-0.25, -0.2) is 9.37 Å². The van der Waals surface area contributed by atoms with Crippen LogP contribution in [-0.2, 0) is 7.05 Å². The van der Waals surface area contributed by atoms with Gasteiger partial charge in [-0.3, -0.25) is 0 Å². The second kappa shape index (κ2) is 4.98. The summed E-state index contributed by atoms with van der Waals surface area (Å²) < 4.78 is 9.21. The molecule has 1 aliphatic carbocycles. The maximum atomic E-state index is 11.5. The molecule has 0 unspecified atom stereocenters. The summed E-state index contributed by atoms with van der Waals surface area (Å²) in [5.41, 5.74) is 0.627. The molecule has 23 heavy (non-hydrogen) atoms. The zero-order chi connectivity index (χ0) is 16.9. The average molecular weight is 316 g/mol. The van der Waals surface area contributed by atoms with Gasteiger partial charge in [0, 0.05) is 18.2 Å². The summed E-state index contributed by atoms with van der Waals surface area (Å²) in [7, 11) is 5.44. The molecular formula is C16H16N2O5+2. The van der Waals surface area contributed by atoms with Gasteiger partial charge in [-0.05, 0) is 0 Å². The Bertz CT molecular complexity index is 1000. The predicted octanol–water partition coefficient (Wildman–Crippen LogP) is 0.503. The van der Waals surface area contributed by atoms with Crippen molar-refractivity contribution in [2.75, 3.05) is 14.1 Å².